The second-order valence-electron chi connectivity index (χ2n) is 4.66. The largest absolute Gasteiger partial charge is 0.495 e. The van der Waals surface area contributed by atoms with Gasteiger partial charge in [0.25, 0.3) is 0 Å². The molecule has 20 heavy (non-hydrogen) atoms. The Bertz CT molecular complexity index is 591. The van der Waals surface area contributed by atoms with Crippen molar-refractivity contribution in [3.63, 3.8) is 0 Å². The highest BCUT2D eigenvalue weighted by Gasteiger charge is 2.34. The van der Waals surface area contributed by atoms with Crippen molar-refractivity contribution in [3.8, 4) is 11.8 Å². The van der Waals surface area contributed by atoms with E-state index >= 15 is 0 Å². The van der Waals surface area contributed by atoms with Gasteiger partial charge in [-0.1, -0.05) is 6.07 Å². The molecule has 1 aromatic carbocycles. The number of nitriles is 1. The SMILES string of the molecule is COc1cc(CN2CC(C(=O)O)CC2=O)ccc1C#N. The third-order valence-electron chi connectivity index (χ3n) is 3.32. The molecule has 1 aliphatic heterocycles. The molecule has 0 spiro atoms. The summed E-state index contributed by atoms with van der Waals surface area (Å²) >= 11 is 0. The van der Waals surface area contributed by atoms with E-state index in [1.165, 1.54) is 12.0 Å². The summed E-state index contributed by atoms with van der Waals surface area (Å²) in [6, 6.07) is 7.08. The standard InChI is InChI=1S/C14H14N2O4/c1-20-12-4-9(2-3-10(12)6-15)7-16-8-11(14(18)19)5-13(16)17/h2-4,11H,5,7-8H2,1H3,(H,18,19). The number of nitrogens with zero attached hydrogens (tertiary/aromatic N) is 2. The predicted octanol–water partition coefficient (Wildman–Crippen LogP) is 1.000. The summed E-state index contributed by atoms with van der Waals surface area (Å²) in [5.74, 6) is -1.30. The number of methoxy groups -OCH3 is 1. The average Bonchev–Trinajstić information content (AvgIpc) is 2.80. The quantitative estimate of drug-likeness (QED) is 0.884. The van der Waals surface area contributed by atoms with Gasteiger partial charge in [-0.2, -0.15) is 5.26 Å². The summed E-state index contributed by atoms with van der Waals surface area (Å²) in [4.78, 5) is 24.2. The van der Waals surface area contributed by atoms with Gasteiger partial charge < -0.3 is 14.7 Å². The van der Waals surface area contributed by atoms with Crippen LogP contribution >= 0.6 is 0 Å². The van der Waals surface area contributed by atoms with Gasteiger partial charge >= 0.3 is 5.97 Å². The van der Waals surface area contributed by atoms with Gasteiger partial charge in [0.05, 0.1) is 18.6 Å². The minimum Gasteiger partial charge on any atom is -0.495 e. The van der Waals surface area contributed by atoms with Crippen molar-refractivity contribution in [2.75, 3.05) is 13.7 Å². The first-order chi connectivity index (χ1) is 9.55. The van der Waals surface area contributed by atoms with Crippen LogP contribution in [0.1, 0.15) is 17.5 Å². The summed E-state index contributed by atoms with van der Waals surface area (Å²) in [5.41, 5.74) is 1.23. The number of amides is 1. The van der Waals surface area contributed by atoms with E-state index in [-0.39, 0.29) is 18.9 Å². The Kier molecular flexibility index (Phi) is 3.89. The van der Waals surface area contributed by atoms with Gasteiger partial charge in [0.2, 0.25) is 5.91 Å². The lowest BCUT2D eigenvalue weighted by Gasteiger charge is -2.16. The van der Waals surface area contributed by atoms with Crippen molar-refractivity contribution in [2.45, 2.75) is 13.0 Å². The second kappa shape index (κ2) is 5.61. The molecule has 1 N–H and O–H groups in total. The molecule has 0 bridgehead atoms. The summed E-state index contributed by atoms with van der Waals surface area (Å²) < 4.78 is 5.11. The first kappa shape index (κ1) is 13.9. The van der Waals surface area contributed by atoms with Crippen molar-refractivity contribution in [1.82, 2.24) is 4.90 Å². The van der Waals surface area contributed by atoms with Crippen LogP contribution in [0.15, 0.2) is 18.2 Å². The smallest absolute Gasteiger partial charge is 0.308 e. The molecule has 1 fully saturated rings. The van der Waals surface area contributed by atoms with Crippen LogP contribution in [0.4, 0.5) is 0 Å². The minimum atomic E-state index is -0.946. The highest BCUT2D eigenvalue weighted by atomic mass is 16.5. The normalized spacial score (nSPS) is 17.9. The molecule has 1 aliphatic rings. The van der Waals surface area contributed by atoms with Gasteiger partial charge in [-0.05, 0) is 17.7 Å². The first-order valence-electron chi connectivity index (χ1n) is 6.12. The molecule has 1 saturated heterocycles. The fourth-order valence-corrected chi connectivity index (χ4v) is 2.24. The third-order valence-corrected chi connectivity index (χ3v) is 3.32. The monoisotopic (exact) mass is 274 g/mol. The van der Waals surface area contributed by atoms with Gasteiger partial charge in [-0.25, -0.2) is 0 Å². The summed E-state index contributed by atoms with van der Waals surface area (Å²) in [5, 5.41) is 17.8. The molecule has 2 rings (SSSR count). The van der Waals surface area contributed by atoms with E-state index in [1.54, 1.807) is 18.2 Å². The molecular formula is C14H14N2O4. The first-order valence-corrected chi connectivity index (χ1v) is 6.12. The van der Waals surface area contributed by atoms with Gasteiger partial charge in [0.15, 0.2) is 0 Å². The number of hydrogen-bond donors (Lipinski definition) is 1. The third kappa shape index (κ3) is 2.72. The van der Waals surface area contributed by atoms with Crippen LogP contribution in [0, 0.1) is 17.2 Å². The molecule has 0 aromatic heterocycles. The number of aliphatic carboxylic acids is 1. The zero-order chi connectivity index (χ0) is 14.7. The van der Waals surface area contributed by atoms with Crippen molar-refractivity contribution in [3.05, 3.63) is 29.3 Å². The van der Waals surface area contributed by atoms with E-state index in [1.807, 2.05) is 6.07 Å². The molecule has 1 unspecified atom stereocenters. The molecular weight excluding hydrogens is 260 g/mol. The van der Waals surface area contributed by atoms with Crippen molar-refractivity contribution < 1.29 is 19.4 Å². The van der Waals surface area contributed by atoms with Crippen LogP contribution in [0.3, 0.4) is 0 Å². The Morgan fingerprint density at radius 2 is 2.35 bits per heavy atom. The highest BCUT2D eigenvalue weighted by Crippen LogP contribution is 2.24. The molecule has 1 atom stereocenters. The Balaban J connectivity index is 2.13. The van der Waals surface area contributed by atoms with Gasteiger partial charge in [-0.3, -0.25) is 9.59 Å². The number of ether oxygens (including phenoxy) is 1. The van der Waals surface area contributed by atoms with E-state index in [4.69, 9.17) is 15.1 Å². The molecule has 6 nitrogen and oxygen atoms in total. The van der Waals surface area contributed by atoms with Crippen molar-refractivity contribution in [1.29, 1.82) is 5.26 Å². The lowest BCUT2D eigenvalue weighted by atomic mass is 10.1. The summed E-state index contributed by atoms with van der Waals surface area (Å²) in [6.07, 6.45) is 0.0444. The zero-order valence-electron chi connectivity index (χ0n) is 11.0. The van der Waals surface area contributed by atoms with Crippen LogP contribution in [0.25, 0.3) is 0 Å². The molecule has 104 valence electrons. The molecule has 0 saturated carbocycles. The number of rotatable bonds is 4. The van der Waals surface area contributed by atoms with Crippen LogP contribution < -0.4 is 4.74 Å². The Labute approximate surface area is 116 Å². The fourth-order valence-electron chi connectivity index (χ4n) is 2.24. The van der Waals surface area contributed by atoms with E-state index in [0.717, 1.165) is 5.56 Å². The molecule has 1 heterocycles. The van der Waals surface area contributed by atoms with Crippen LogP contribution in [0.2, 0.25) is 0 Å². The van der Waals surface area contributed by atoms with E-state index in [2.05, 4.69) is 0 Å². The predicted molar refractivity (Wildman–Crippen MR) is 68.9 cm³/mol. The summed E-state index contributed by atoms with van der Waals surface area (Å²) in [7, 11) is 1.47. The van der Waals surface area contributed by atoms with Gasteiger partial charge in [-0.15, -0.1) is 0 Å². The Morgan fingerprint density at radius 3 is 2.90 bits per heavy atom. The zero-order valence-corrected chi connectivity index (χ0v) is 11.0. The lowest BCUT2D eigenvalue weighted by molar-refractivity contribution is -0.141. The molecule has 1 amide bonds. The number of carbonyl (C=O) groups excluding carboxylic acids is 1. The van der Waals surface area contributed by atoms with Crippen LogP contribution in [-0.2, 0) is 16.1 Å². The number of benzene rings is 1. The number of carbonyl (C=O) groups is 2. The fraction of sp³-hybridized carbons (Fsp3) is 0.357. The summed E-state index contributed by atoms with van der Waals surface area (Å²) in [6.45, 7) is 0.543. The molecule has 0 aliphatic carbocycles. The van der Waals surface area contributed by atoms with Gasteiger partial charge in [0, 0.05) is 19.5 Å². The van der Waals surface area contributed by atoms with Crippen molar-refractivity contribution >= 4 is 11.9 Å². The lowest BCUT2D eigenvalue weighted by Crippen LogP contribution is -2.25. The van der Waals surface area contributed by atoms with E-state index in [0.29, 0.717) is 17.9 Å². The maximum absolute atomic E-state index is 11.8. The number of hydrogen-bond acceptors (Lipinski definition) is 4. The highest BCUT2D eigenvalue weighted by molar-refractivity contribution is 5.86. The molecule has 0 radical (unpaired) electrons. The number of carboxylic acids is 1. The molecule has 6 heteroatoms. The Morgan fingerprint density at radius 1 is 1.60 bits per heavy atom. The minimum absolute atomic E-state index is 0.0444. The van der Waals surface area contributed by atoms with E-state index < -0.39 is 11.9 Å². The maximum atomic E-state index is 11.8. The van der Waals surface area contributed by atoms with E-state index in [9.17, 15) is 9.59 Å². The number of carboxylic acid groups (broad SMARTS) is 1. The Hall–Kier alpha value is -2.55. The number of likely N-dealkylation sites (tertiary alicyclic amines) is 1. The van der Waals surface area contributed by atoms with Crippen LogP contribution in [-0.4, -0.2) is 35.5 Å². The van der Waals surface area contributed by atoms with Crippen LogP contribution in [0.5, 0.6) is 5.75 Å². The topological polar surface area (TPSA) is 90.6 Å². The van der Waals surface area contributed by atoms with Gasteiger partial charge in [0.1, 0.15) is 11.8 Å². The molecule has 1 aromatic rings. The average molecular weight is 274 g/mol. The van der Waals surface area contributed by atoms with Crippen molar-refractivity contribution in [2.24, 2.45) is 5.92 Å². The maximum Gasteiger partial charge on any atom is 0.308 e. The second-order valence-corrected chi connectivity index (χ2v) is 4.66.